The molecule has 0 radical (unpaired) electrons. The molecule has 2 rings (SSSR count). The molecule has 72 valence electrons. The summed E-state index contributed by atoms with van der Waals surface area (Å²) in [6.07, 6.45) is 1.73. The predicted molar refractivity (Wildman–Crippen MR) is 59.2 cm³/mol. The van der Waals surface area contributed by atoms with Gasteiger partial charge in [-0.15, -0.1) is 11.3 Å². The van der Waals surface area contributed by atoms with Crippen molar-refractivity contribution in [1.29, 1.82) is 0 Å². The molecule has 2 heterocycles. The molecule has 2 aromatic rings. The Balaban J connectivity index is 2.55. The van der Waals surface area contributed by atoms with E-state index in [2.05, 4.69) is 16.9 Å². The first-order valence-corrected chi connectivity index (χ1v) is 5.15. The molecule has 3 nitrogen and oxygen atoms in total. The number of thiazole rings is 1. The SMILES string of the molecule is Cc1nc(-c2ncccc2N)sc1C. The van der Waals surface area contributed by atoms with E-state index in [1.807, 2.05) is 19.1 Å². The van der Waals surface area contributed by atoms with Crippen LogP contribution in [0.1, 0.15) is 10.6 Å². The average Bonchev–Trinajstić information content (AvgIpc) is 2.48. The Morgan fingerprint density at radius 2 is 2.14 bits per heavy atom. The van der Waals surface area contributed by atoms with E-state index in [0.29, 0.717) is 5.69 Å². The summed E-state index contributed by atoms with van der Waals surface area (Å²) >= 11 is 1.63. The van der Waals surface area contributed by atoms with E-state index in [0.717, 1.165) is 16.4 Å². The first-order chi connectivity index (χ1) is 6.68. The number of anilines is 1. The van der Waals surface area contributed by atoms with Gasteiger partial charge in [0.25, 0.3) is 0 Å². The van der Waals surface area contributed by atoms with Gasteiger partial charge in [-0.2, -0.15) is 0 Å². The molecule has 0 aliphatic rings. The average molecular weight is 205 g/mol. The summed E-state index contributed by atoms with van der Waals surface area (Å²) in [6, 6.07) is 3.67. The first-order valence-electron chi connectivity index (χ1n) is 4.33. The highest BCUT2D eigenvalue weighted by atomic mass is 32.1. The third-order valence-electron chi connectivity index (χ3n) is 2.07. The molecule has 0 unspecified atom stereocenters. The van der Waals surface area contributed by atoms with Gasteiger partial charge in [0, 0.05) is 11.1 Å². The fourth-order valence-corrected chi connectivity index (χ4v) is 2.10. The second kappa shape index (κ2) is 3.38. The number of rotatable bonds is 1. The Bertz CT molecular complexity index is 443. The number of pyridine rings is 1. The summed E-state index contributed by atoms with van der Waals surface area (Å²) in [6.45, 7) is 4.05. The molecule has 0 fully saturated rings. The van der Waals surface area contributed by atoms with Crippen LogP contribution in [0.2, 0.25) is 0 Å². The van der Waals surface area contributed by atoms with Gasteiger partial charge in [0.15, 0.2) is 0 Å². The number of nitrogen functional groups attached to an aromatic ring is 1. The molecule has 4 heteroatoms. The number of aryl methyl sites for hydroxylation is 2. The van der Waals surface area contributed by atoms with Crippen LogP contribution >= 0.6 is 11.3 Å². The molecule has 0 bridgehead atoms. The van der Waals surface area contributed by atoms with Gasteiger partial charge >= 0.3 is 0 Å². The summed E-state index contributed by atoms with van der Waals surface area (Å²) in [5.74, 6) is 0. The van der Waals surface area contributed by atoms with E-state index in [4.69, 9.17) is 5.73 Å². The topological polar surface area (TPSA) is 51.8 Å². The lowest BCUT2D eigenvalue weighted by atomic mass is 10.3. The molecule has 0 amide bonds. The lowest BCUT2D eigenvalue weighted by Gasteiger charge is -1.98. The Kier molecular flexibility index (Phi) is 2.21. The van der Waals surface area contributed by atoms with Crippen molar-refractivity contribution in [2.24, 2.45) is 0 Å². The zero-order valence-corrected chi connectivity index (χ0v) is 8.93. The van der Waals surface area contributed by atoms with Crippen LogP contribution < -0.4 is 5.73 Å². The van der Waals surface area contributed by atoms with Crippen LogP contribution in [0.15, 0.2) is 18.3 Å². The molecule has 0 spiro atoms. The monoisotopic (exact) mass is 205 g/mol. The van der Waals surface area contributed by atoms with Crippen molar-refractivity contribution < 1.29 is 0 Å². The third-order valence-corrected chi connectivity index (χ3v) is 3.15. The standard InChI is InChI=1S/C10H11N3S/c1-6-7(2)14-10(13-6)9-8(11)4-3-5-12-9/h3-5H,11H2,1-2H3. The smallest absolute Gasteiger partial charge is 0.144 e. The Labute approximate surface area is 86.6 Å². The minimum atomic E-state index is 0.682. The number of hydrogen-bond acceptors (Lipinski definition) is 4. The highest BCUT2D eigenvalue weighted by Gasteiger charge is 2.09. The van der Waals surface area contributed by atoms with Crippen molar-refractivity contribution >= 4 is 17.0 Å². The van der Waals surface area contributed by atoms with E-state index in [1.165, 1.54) is 4.88 Å². The van der Waals surface area contributed by atoms with Gasteiger partial charge in [-0.1, -0.05) is 0 Å². The van der Waals surface area contributed by atoms with Crippen molar-refractivity contribution in [3.05, 3.63) is 28.9 Å². The molecule has 0 saturated heterocycles. The van der Waals surface area contributed by atoms with E-state index >= 15 is 0 Å². The van der Waals surface area contributed by atoms with Gasteiger partial charge in [-0.25, -0.2) is 4.98 Å². The molecule has 0 atom stereocenters. The number of nitrogens with two attached hydrogens (primary N) is 1. The van der Waals surface area contributed by atoms with Crippen LogP contribution in [0.5, 0.6) is 0 Å². The lowest BCUT2D eigenvalue weighted by molar-refractivity contribution is 1.21. The predicted octanol–water partition coefficient (Wildman–Crippen LogP) is 2.40. The molecule has 2 N–H and O–H groups in total. The number of hydrogen-bond donors (Lipinski definition) is 1. The molecule has 0 aliphatic heterocycles. The van der Waals surface area contributed by atoms with Crippen LogP contribution in [0, 0.1) is 13.8 Å². The second-order valence-electron chi connectivity index (χ2n) is 3.10. The van der Waals surface area contributed by atoms with E-state index in [-0.39, 0.29) is 0 Å². The Morgan fingerprint density at radius 3 is 2.71 bits per heavy atom. The van der Waals surface area contributed by atoms with Crippen molar-refractivity contribution in [3.63, 3.8) is 0 Å². The maximum atomic E-state index is 5.82. The zero-order valence-electron chi connectivity index (χ0n) is 8.11. The summed E-state index contributed by atoms with van der Waals surface area (Å²) in [5.41, 5.74) is 8.33. The molecule has 0 saturated carbocycles. The molecule has 0 aromatic carbocycles. The minimum absolute atomic E-state index is 0.682. The van der Waals surface area contributed by atoms with Crippen LogP contribution in [-0.2, 0) is 0 Å². The van der Waals surface area contributed by atoms with Gasteiger partial charge in [-0.3, -0.25) is 4.98 Å². The molecule has 0 aliphatic carbocycles. The quantitative estimate of drug-likeness (QED) is 0.777. The third kappa shape index (κ3) is 1.48. The van der Waals surface area contributed by atoms with Crippen molar-refractivity contribution in [1.82, 2.24) is 9.97 Å². The maximum absolute atomic E-state index is 5.82. The van der Waals surface area contributed by atoms with Crippen molar-refractivity contribution in [2.45, 2.75) is 13.8 Å². The summed E-state index contributed by atoms with van der Waals surface area (Å²) in [4.78, 5) is 9.86. The normalized spacial score (nSPS) is 10.4. The summed E-state index contributed by atoms with van der Waals surface area (Å²) < 4.78 is 0. The first kappa shape index (κ1) is 9.15. The van der Waals surface area contributed by atoms with Gasteiger partial charge in [0.05, 0.1) is 11.4 Å². The van der Waals surface area contributed by atoms with Crippen molar-refractivity contribution in [3.8, 4) is 10.7 Å². The van der Waals surface area contributed by atoms with Crippen LogP contribution in [0.25, 0.3) is 10.7 Å². The maximum Gasteiger partial charge on any atom is 0.144 e. The van der Waals surface area contributed by atoms with Crippen LogP contribution in [0.4, 0.5) is 5.69 Å². The van der Waals surface area contributed by atoms with Gasteiger partial charge in [-0.05, 0) is 26.0 Å². The minimum Gasteiger partial charge on any atom is -0.397 e. The largest absolute Gasteiger partial charge is 0.397 e. The Hall–Kier alpha value is -1.42. The van der Waals surface area contributed by atoms with Gasteiger partial charge in [0.1, 0.15) is 10.7 Å². The molecular formula is C10H11N3S. The van der Waals surface area contributed by atoms with E-state index < -0.39 is 0 Å². The van der Waals surface area contributed by atoms with E-state index in [9.17, 15) is 0 Å². The lowest BCUT2D eigenvalue weighted by Crippen LogP contribution is -1.91. The van der Waals surface area contributed by atoms with Gasteiger partial charge < -0.3 is 5.73 Å². The molecular weight excluding hydrogens is 194 g/mol. The fraction of sp³-hybridized carbons (Fsp3) is 0.200. The number of aromatic nitrogens is 2. The Morgan fingerprint density at radius 1 is 1.36 bits per heavy atom. The number of nitrogens with zero attached hydrogens (tertiary/aromatic N) is 2. The second-order valence-corrected chi connectivity index (χ2v) is 4.31. The summed E-state index contributed by atoms with van der Waals surface area (Å²) in [5, 5.41) is 0.901. The highest BCUT2D eigenvalue weighted by molar-refractivity contribution is 7.15. The zero-order chi connectivity index (χ0) is 10.1. The van der Waals surface area contributed by atoms with Crippen LogP contribution in [-0.4, -0.2) is 9.97 Å². The van der Waals surface area contributed by atoms with Crippen LogP contribution in [0.3, 0.4) is 0 Å². The van der Waals surface area contributed by atoms with Crippen molar-refractivity contribution in [2.75, 3.05) is 5.73 Å². The summed E-state index contributed by atoms with van der Waals surface area (Å²) in [7, 11) is 0. The molecule has 2 aromatic heterocycles. The highest BCUT2D eigenvalue weighted by Crippen LogP contribution is 2.28. The van der Waals surface area contributed by atoms with Gasteiger partial charge in [0.2, 0.25) is 0 Å². The molecule has 14 heavy (non-hydrogen) atoms. The van der Waals surface area contributed by atoms with E-state index in [1.54, 1.807) is 17.5 Å². The fourth-order valence-electron chi connectivity index (χ4n) is 1.17.